The van der Waals surface area contributed by atoms with Crippen LogP contribution in [-0.4, -0.2) is 23.5 Å². The minimum Gasteiger partial charge on any atom is -0.451 e. The Bertz CT molecular complexity index is 987. The summed E-state index contributed by atoms with van der Waals surface area (Å²) in [6, 6.07) is 12.5. The van der Waals surface area contributed by atoms with Crippen LogP contribution in [0.1, 0.15) is 16.1 Å². The second kappa shape index (κ2) is 8.52. The number of ether oxygens (including phenoxy) is 1. The Balaban J connectivity index is 1.58. The molecule has 27 heavy (non-hydrogen) atoms. The van der Waals surface area contributed by atoms with Gasteiger partial charge in [-0.15, -0.1) is 11.3 Å². The summed E-state index contributed by atoms with van der Waals surface area (Å²) in [6.07, 6.45) is 0. The van der Waals surface area contributed by atoms with Crippen molar-refractivity contribution in [2.75, 3.05) is 11.9 Å². The molecule has 0 saturated carbocycles. The fraction of sp³-hybridized carbons (Fsp3) is 0.105. The lowest BCUT2D eigenvalue weighted by Crippen LogP contribution is -2.21. The second-order valence-corrected chi connectivity index (χ2v) is 7.35. The van der Waals surface area contributed by atoms with Crippen molar-refractivity contribution in [3.63, 3.8) is 0 Å². The highest BCUT2D eigenvalue weighted by molar-refractivity contribution is 7.13. The quantitative estimate of drug-likeness (QED) is 0.574. The number of anilines is 1. The Morgan fingerprint density at radius 2 is 1.89 bits per heavy atom. The smallest absolute Gasteiger partial charge is 0.358 e. The van der Waals surface area contributed by atoms with E-state index in [1.165, 1.54) is 17.4 Å². The summed E-state index contributed by atoms with van der Waals surface area (Å²) in [6.45, 7) is 1.54. The van der Waals surface area contributed by atoms with Gasteiger partial charge in [0, 0.05) is 16.0 Å². The molecule has 3 rings (SSSR count). The lowest BCUT2D eigenvalue weighted by molar-refractivity contribution is -0.119. The zero-order valence-electron chi connectivity index (χ0n) is 14.2. The van der Waals surface area contributed by atoms with Crippen molar-refractivity contribution >= 4 is 52.1 Å². The lowest BCUT2D eigenvalue weighted by Gasteiger charge is -2.07. The average molecular weight is 421 g/mol. The number of carbonyl (C=O) groups excluding carboxylic acids is 2. The molecule has 3 aromatic rings. The number of hydrogen-bond acceptors (Lipinski definition) is 5. The van der Waals surface area contributed by atoms with Gasteiger partial charge in [0.25, 0.3) is 5.91 Å². The summed E-state index contributed by atoms with van der Waals surface area (Å²) >= 11 is 13.2. The highest BCUT2D eigenvalue weighted by Crippen LogP contribution is 2.26. The first-order chi connectivity index (χ1) is 12.9. The van der Waals surface area contributed by atoms with E-state index in [1.54, 1.807) is 17.5 Å². The van der Waals surface area contributed by atoms with Crippen molar-refractivity contribution in [1.29, 1.82) is 0 Å². The molecule has 1 heterocycles. The van der Waals surface area contributed by atoms with Crippen molar-refractivity contribution in [3.8, 4) is 10.6 Å². The molecule has 5 nitrogen and oxygen atoms in total. The van der Waals surface area contributed by atoms with Gasteiger partial charge in [-0.05, 0) is 25.1 Å². The van der Waals surface area contributed by atoms with Gasteiger partial charge in [0.1, 0.15) is 5.01 Å². The van der Waals surface area contributed by atoms with E-state index in [2.05, 4.69) is 10.3 Å². The van der Waals surface area contributed by atoms with Crippen LogP contribution in [0.4, 0.5) is 5.69 Å². The second-order valence-electron chi connectivity index (χ2n) is 5.65. The van der Waals surface area contributed by atoms with E-state index < -0.39 is 18.5 Å². The Morgan fingerprint density at radius 1 is 1.15 bits per heavy atom. The number of aryl methyl sites for hydroxylation is 1. The summed E-state index contributed by atoms with van der Waals surface area (Å²) < 4.78 is 5.02. The van der Waals surface area contributed by atoms with Crippen LogP contribution in [0.3, 0.4) is 0 Å². The molecular formula is C19H14Cl2N2O3S. The molecule has 0 spiro atoms. The van der Waals surface area contributed by atoms with E-state index in [-0.39, 0.29) is 5.69 Å². The first-order valence-electron chi connectivity index (χ1n) is 7.87. The van der Waals surface area contributed by atoms with Gasteiger partial charge in [0.15, 0.2) is 12.3 Å². The van der Waals surface area contributed by atoms with Crippen molar-refractivity contribution in [1.82, 2.24) is 4.98 Å². The first kappa shape index (κ1) is 19.4. The number of nitrogens with one attached hydrogen (secondary N) is 1. The van der Waals surface area contributed by atoms with Gasteiger partial charge in [0.2, 0.25) is 0 Å². The largest absolute Gasteiger partial charge is 0.451 e. The standard InChI is InChI=1S/C19H14Cl2N2O3S/c1-11-2-4-12(5-3-11)18-23-16(10-27-18)19(25)26-9-17(24)22-15-8-13(20)6-7-14(15)21/h2-8,10H,9H2,1H3,(H,22,24). The highest BCUT2D eigenvalue weighted by atomic mass is 35.5. The van der Waals surface area contributed by atoms with Crippen LogP contribution >= 0.6 is 34.5 Å². The van der Waals surface area contributed by atoms with Crippen LogP contribution in [-0.2, 0) is 9.53 Å². The summed E-state index contributed by atoms with van der Waals surface area (Å²) in [5.41, 5.74) is 2.56. The van der Waals surface area contributed by atoms with Gasteiger partial charge in [-0.2, -0.15) is 0 Å². The van der Waals surface area contributed by atoms with Crippen LogP contribution in [0.2, 0.25) is 10.0 Å². The van der Waals surface area contributed by atoms with Gasteiger partial charge in [0.05, 0.1) is 10.7 Å². The molecule has 0 aliphatic carbocycles. The Kier molecular flexibility index (Phi) is 6.11. The molecule has 1 amide bonds. The SMILES string of the molecule is Cc1ccc(-c2nc(C(=O)OCC(=O)Nc3cc(Cl)ccc3Cl)cs2)cc1. The van der Waals surface area contributed by atoms with Crippen LogP contribution in [0, 0.1) is 6.92 Å². The molecule has 1 N–H and O–H groups in total. The number of nitrogens with zero attached hydrogens (tertiary/aromatic N) is 1. The lowest BCUT2D eigenvalue weighted by atomic mass is 10.2. The predicted octanol–water partition coefficient (Wildman–Crippen LogP) is 5.22. The number of halogens is 2. The molecule has 0 unspecified atom stereocenters. The van der Waals surface area contributed by atoms with Gasteiger partial charge in [-0.1, -0.05) is 53.0 Å². The topological polar surface area (TPSA) is 68.3 Å². The van der Waals surface area contributed by atoms with Crippen LogP contribution in [0.25, 0.3) is 10.6 Å². The molecule has 0 aliphatic heterocycles. The zero-order valence-corrected chi connectivity index (χ0v) is 16.5. The molecule has 0 aliphatic rings. The maximum absolute atomic E-state index is 12.1. The summed E-state index contributed by atoms with van der Waals surface area (Å²) in [7, 11) is 0. The molecule has 0 atom stereocenters. The van der Waals surface area contributed by atoms with E-state index in [0.717, 1.165) is 11.1 Å². The molecule has 0 bridgehead atoms. The summed E-state index contributed by atoms with van der Waals surface area (Å²) in [5, 5.41) is 5.61. The zero-order chi connectivity index (χ0) is 19.4. The van der Waals surface area contributed by atoms with E-state index in [4.69, 9.17) is 27.9 Å². The number of benzene rings is 2. The highest BCUT2D eigenvalue weighted by Gasteiger charge is 2.15. The number of carbonyl (C=O) groups is 2. The third kappa shape index (κ3) is 5.07. The van der Waals surface area contributed by atoms with Gasteiger partial charge >= 0.3 is 5.97 Å². The number of rotatable bonds is 5. The minimum absolute atomic E-state index is 0.157. The Labute approximate surface area is 169 Å². The molecule has 0 radical (unpaired) electrons. The molecule has 2 aromatic carbocycles. The van der Waals surface area contributed by atoms with Crippen molar-refractivity contribution in [2.45, 2.75) is 6.92 Å². The third-order valence-corrected chi connectivity index (χ3v) is 5.00. The van der Waals surface area contributed by atoms with E-state index >= 15 is 0 Å². The van der Waals surface area contributed by atoms with Crippen LogP contribution < -0.4 is 5.32 Å². The molecule has 1 aromatic heterocycles. The fourth-order valence-electron chi connectivity index (χ4n) is 2.18. The summed E-state index contributed by atoms with van der Waals surface area (Å²) in [4.78, 5) is 28.4. The van der Waals surface area contributed by atoms with Gasteiger partial charge in [-0.25, -0.2) is 9.78 Å². The monoisotopic (exact) mass is 420 g/mol. The maximum Gasteiger partial charge on any atom is 0.358 e. The van der Waals surface area contributed by atoms with Crippen LogP contribution in [0.5, 0.6) is 0 Å². The first-order valence-corrected chi connectivity index (χ1v) is 9.50. The molecule has 138 valence electrons. The van der Waals surface area contributed by atoms with Crippen molar-refractivity contribution in [2.24, 2.45) is 0 Å². The van der Waals surface area contributed by atoms with E-state index in [9.17, 15) is 9.59 Å². The molecule has 0 fully saturated rings. The van der Waals surface area contributed by atoms with E-state index in [1.807, 2.05) is 31.2 Å². The summed E-state index contributed by atoms with van der Waals surface area (Å²) in [5.74, 6) is -1.20. The number of hydrogen-bond donors (Lipinski definition) is 1. The van der Waals surface area contributed by atoms with E-state index in [0.29, 0.717) is 20.7 Å². The molecule has 0 saturated heterocycles. The molecular weight excluding hydrogens is 407 g/mol. The Morgan fingerprint density at radius 3 is 2.63 bits per heavy atom. The van der Waals surface area contributed by atoms with Gasteiger partial charge in [-0.3, -0.25) is 4.79 Å². The number of thiazole rings is 1. The fourth-order valence-corrected chi connectivity index (χ4v) is 3.31. The average Bonchev–Trinajstić information content (AvgIpc) is 3.13. The number of amides is 1. The minimum atomic E-state index is -0.669. The maximum atomic E-state index is 12.1. The number of aromatic nitrogens is 1. The normalized spacial score (nSPS) is 10.5. The molecule has 8 heteroatoms. The predicted molar refractivity (Wildman–Crippen MR) is 108 cm³/mol. The van der Waals surface area contributed by atoms with Crippen molar-refractivity contribution < 1.29 is 14.3 Å². The van der Waals surface area contributed by atoms with Gasteiger partial charge < -0.3 is 10.1 Å². The van der Waals surface area contributed by atoms with Crippen LogP contribution in [0.15, 0.2) is 47.8 Å². The Hall–Kier alpha value is -2.41. The van der Waals surface area contributed by atoms with Crippen molar-refractivity contribution in [3.05, 3.63) is 69.1 Å². The third-order valence-electron chi connectivity index (χ3n) is 3.55. The number of esters is 1.